The smallest absolute Gasteiger partial charge is 0.251 e. The van der Waals surface area contributed by atoms with Crippen molar-refractivity contribution in [1.29, 1.82) is 0 Å². The highest BCUT2D eigenvalue weighted by Gasteiger charge is 2.19. The Morgan fingerprint density at radius 2 is 2.10 bits per heavy atom. The summed E-state index contributed by atoms with van der Waals surface area (Å²) in [6.07, 6.45) is 1.20. The molecule has 6 heteroatoms. The van der Waals surface area contributed by atoms with Crippen molar-refractivity contribution in [3.05, 3.63) is 29.3 Å². The average molecular weight is 296 g/mol. The monoisotopic (exact) mass is 295 g/mol. The number of carbonyl (C=O) groups excluding carboxylic acids is 2. The van der Waals surface area contributed by atoms with Gasteiger partial charge in [-0.3, -0.25) is 9.59 Å². The molecule has 5 nitrogen and oxygen atoms in total. The van der Waals surface area contributed by atoms with Crippen LogP contribution in [0.4, 0.5) is 5.69 Å². The molecule has 2 heterocycles. The van der Waals surface area contributed by atoms with Crippen LogP contribution in [0.15, 0.2) is 18.2 Å². The normalized spacial score (nSPS) is 17.3. The van der Waals surface area contributed by atoms with Gasteiger partial charge in [0, 0.05) is 43.2 Å². The van der Waals surface area contributed by atoms with Crippen molar-refractivity contribution < 1.29 is 9.59 Å². The fraction of sp³-hybridized carbons (Fsp3) is 0.429. The Bertz CT molecular complexity index is 529. The zero-order valence-corrected chi connectivity index (χ0v) is 11.9. The molecule has 3 rings (SSSR count). The van der Waals surface area contributed by atoms with Crippen molar-refractivity contribution >= 4 is 29.9 Å². The van der Waals surface area contributed by atoms with Crippen molar-refractivity contribution in [1.82, 2.24) is 10.6 Å². The molecule has 2 aliphatic rings. The van der Waals surface area contributed by atoms with Gasteiger partial charge in [0.15, 0.2) is 0 Å². The third kappa shape index (κ3) is 3.11. The van der Waals surface area contributed by atoms with Crippen molar-refractivity contribution in [3.8, 4) is 0 Å². The van der Waals surface area contributed by atoms with Gasteiger partial charge in [-0.2, -0.15) is 0 Å². The second kappa shape index (κ2) is 6.24. The van der Waals surface area contributed by atoms with E-state index in [4.69, 9.17) is 0 Å². The van der Waals surface area contributed by atoms with Gasteiger partial charge in [-0.15, -0.1) is 12.4 Å². The number of hydrogen-bond acceptors (Lipinski definition) is 3. The first-order valence-electron chi connectivity index (χ1n) is 6.64. The van der Waals surface area contributed by atoms with Crippen LogP contribution < -0.4 is 16.0 Å². The summed E-state index contributed by atoms with van der Waals surface area (Å²) in [4.78, 5) is 23.3. The molecule has 0 radical (unpaired) electrons. The number of anilines is 1. The maximum Gasteiger partial charge on any atom is 0.251 e. The molecule has 2 aliphatic heterocycles. The summed E-state index contributed by atoms with van der Waals surface area (Å²) in [6, 6.07) is 5.45. The molecule has 0 spiro atoms. The molecule has 1 fully saturated rings. The SMILES string of the molecule is Cl.O=C1CCc2cc(C(=O)NCC3CNC3)ccc2N1. The van der Waals surface area contributed by atoms with Crippen LogP contribution in [0.1, 0.15) is 22.3 Å². The van der Waals surface area contributed by atoms with Gasteiger partial charge >= 0.3 is 0 Å². The fourth-order valence-corrected chi connectivity index (χ4v) is 2.36. The Kier molecular flexibility index (Phi) is 4.62. The first-order chi connectivity index (χ1) is 9.22. The van der Waals surface area contributed by atoms with Crippen molar-refractivity contribution in [3.63, 3.8) is 0 Å². The highest BCUT2D eigenvalue weighted by Crippen LogP contribution is 2.23. The van der Waals surface area contributed by atoms with Crippen LogP contribution in [0.5, 0.6) is 0 Å². The van der Waals surface area contributed by atoms with Crippen LogP contribution in [0.3, 0.4) is 0 Å². The van der Waals surface area contributed by atoms with Gasteiger partial charge in [0.05, 0.1) is 0 Å². The lowest BCUT2D eigenvalue weighted by atomic mass is 9.99. The lowest BCUT2D eigenvalue weighted by molar-refractivity contribution is -0.116. The number of halogens is 1. The van der Waals surface area contributed by atoms with Crippen molar-refractivity contribution in [2.24, 2.45) is 5.92 Å². The molecular weight excluding hydrogens is 278 g/mol. The number of fused-ring (bicyclic) bond motifs is 1. The lowest BCUT2D eigenvalue weighted by Crippen LogP contribution is -2.48. The van der Waals surface area contributed by atoms with E-state index in [-0.39, 0.29) is 24.2 Å². The maximum atomic E-state index is 12.0. The minimum Gasteiger partial charge on any atom is -0.352 e. The Morgan fingerprint density at radius 3 is 2.80 bits per heavy atom. The highest BCUT2D eigenvalue weighted by molar-refractivity contribution is 5.97. The van der Waals surface area contributed by atoms with E-state index in [1.165, 1.54) is 0 Å². The van der Waals surface area contributed by atoms with Gasteiger partial charge in [0.1, 0.15) is 0 Å². The quantitative estimate of drug-likeness (QED) is 0.777. The topological polar surface area (TPSA) is 70.2 Å². The Morgan fingerprint density at radius 1 is 1.30 bits per heavy atom. The third-order valence-corrected chi connectivity index (χ3v) is 3.68. The van der Waals surface area contributed by atoms with Crippen LogP contribution in [-0.4, -0.2) is 31.4 Å². The van der Waals surface area contributed by atoms with E-state index in [1.54, 1.807) is 6.07 Å². The number of amides is 2. The molecule has 108 valence electrons. The van der Waals surface area contributed by atoms with E-state index in [0.29, 0.717) is 24.3 Å². The van der Waals surface area contributed by atoms with E-state index in [2.05, 4.69) is 16.0 Å². The summed E-state index contributed by atoms with van der Waals surface area (Å²) in [5.41, 5.74) is 2.54. The summed E-state index contributed by atoms with van der Waals surface area (Å²) in [5, 5.41) is 8.94. The Balaban J connectivity index is 0.00000147. The summed E-state index contributed by atoms with van der Waals surface area (Å²) >= 11 is 0. The first kappa shape index (κ1) is 14.8. The third-order valence-electron chi connectivity index (χ3n) is 3.68. The van der Waals surface area contributed by atoms with E-state index >= 15 is 0 Å². The van der Waals surface area contributed by atoms with Gasteiger partial charge in [-0.1, -0.05) is 0 Å². The number of nitrogens with one attached hydrogen (secondary N) is 3. The van der Waals surface area contributed by atoms with E-state index in [9.17, 15) is 9.59 Å². The van der Waals surface area contributed by atoms with E-state index in [1.807, 2.05) is 12.1 Å². The standard InChI is InChI=1S/C14H17N3O2.ClH/c18-13-4-2-10-5-11(1-3-12(10)17-13)14(19)16-8-9-6-15-7-9;/h1,3,5,9,15H,2,4,6-8H2,(H,16,19)(H,17,18);1H. The Labute approximate surface area is 123 Å². The fourth-order valence-electron chi connectivity index (χ4n) is 2.36. The molecule has 1 saturated heterocycles. The van der Waals surface area contributed by atoms with Gasteiger partial charge in [-0.25, -0.2) is 0 Å². The maximum absolute atomic E-state index is 12.0. The zero-order valence-electron chi connectivity index (χ0n) is 11.1. The van der Waals surface area contributed by atoms with Gasteiger partial charge in [0.25, 0.3) is 5.91 Å². The summed E-state index contributed by atoms with van der Waals surface area (Å²) in [5.74, 6) is 0.564. The summed E-state index contributed by atoms with van der Waals surface area (Å²) < 4.78 is 0. The van der Waals surface area contributed by atoms with E-state index < -0.39 is 0 Å². The number of rotatable bonds is 3. The molecule has 0 bridgehead atoms. The summed E-state index contributed by atoms with van der Waals surface area (Å²) in [7, 11) is 0. The van der Waals surface area contributed by atoms with Crippen LogP contribution >= 0.6 is 12.4 Å². The predicted octanol–water partition coefficient (Wildman–Crippen LogP) is 0.942. The predicted molar refractivity (Wildman–Crippen MR) is 79.3 cm³/mol. The van der Waals surface area contributed by atoms with Crippen molar-refractivity contribution in [2.45, 2.75) is 12.8 Å². The lowest BCUT2D eigenvalue weighted by Gasteiger charge is -2.27. The highest BCUT2D eigenvalue weighted by atomic mass is 35.5. The molecule has 0 atom stereocenters. The molecule has 20 heavy (non-hydrogen) atoms. The van der Waals surface area contributed by atoms with Gasteiger partial charge in [0.2, 0.25) is 5.91 Å². The largest absolute Gasteiger partial charge is 0.352 e. The van der Waals surface area contributed by atoms with Crippen LogP contribution in [-0.2, 0) is 11.2 Å². The molecule has 0 unspecified atom stereocenters. The number of hydrogen-bond donors (Lipinski definition) is 3. The molecular formula is C14H18ClN3O2. The number of carbonyl (C=O) groups is 2. The number of aryl methyl sites for hydroxylation is 1. The summed E-state index contributed by atoms with van der Waals surface area (Å²) in [6.45, 7) is 2.69. The molecule has 0 saturated carbocycles. The Hall–Kier alpha value is -1.59. The van der Waals surface area contributed by atoms with E-state index in [0.717, 1.165) is 30.9 Å². The number of benzene rings is 1. The molecule has 0 aliphatic carbocycles. The second-order valence-corrected chi connectivity index (χ2v) is 5.15. The first-order valence-corrected chi connectivity index (χ1v) is 6.64. The minimum atomic E-state index is -0.0356. The molecule has 3 N–H and O–H groups in total. The average Bonchev–Trinajstić information content (AvgIpc) is 2.36. The zero-order chi connectivity index (χ0) is 13.2. The minimum absolute atomic E-state index is 0. The van der Waals surface area contributed by atoms with Gasteiger partial charge in [-0.05, 0) is 30.2 Å². The van der Waals surface area contributed by atoms with Crippen LogP contribution in [0, 0.1) is 5.92 Å². The van der Waals surface area contributed by atoms with Crippen molar-refractivity contribution in [2.75, 3.05) is 25.0 Å². The van der Waals surface area contributed by atoms with Gasteiger partial charge < -0.3 is 16.0 Å². The molecule has 1 aromatic carbocycles. The second-order valence-electron chi connectivity index (χ2n) is 5.15. The van der Waals surface area contributed by atoms with Crippen LogP contribution in [0.2, 0.25) is 0 Å². The van der Waals surface area contributed by atoms with Crippen LogP contribution in [0.25, 0.3) is 0 Å². The molecule has 2 amide bonds. The molecule has 1 aromatic rings. The molecule has 0 aromatic heterocycles.